The summed E-state index contributed by atoms with van der Waals surface area (Å²) in [6.45, 7) is 6.89. The van der Waals surface area contributed by atoms with Crippen molar-refractivity contribution in [2.45, 2.75) is 26.3 Å². The number of carbonyl (C=O) groups excluding carboxylic acids is 1. The van der Waals surface area contributed by atoms with Gasteiger partial charge in [-0.1, -0.05) is 13.0 Å². The van der Waals surface area contributed by atoms with Gasteiger partial charge in [-0.05, 0) is 25.5 Å². The Morgan fingerprint density at radius 2 is 1.96 bits per heavy atom. The van der Waals surface area contributed by atoms with Gasteiger partial charge in [-0.15, -0.1) is 0 Å². The highest BCUT2D eigenvalue weighted by Crippen LogP contribution is 2.15. The summed E-state index contributed by atoms with van der Waals surface area (Å²) in [5, 5.41) is 2.78. The van der Waals surface area contributed by atoms with Crippen LogP contribution >= 0.6 is 0 Å². The summed E-state index contributed by atoms with van der Waals surface area (Å²) in [7, 11) is 0. The van der Waals surface area contributed by atoms with Crippen molar-refractivity contribution in [2.24, 2.45) is 0 Å². The summed E-state index contributed by atoms with van der Waals surface area (Å²) in [6.07, 6.45) is 3.94. The van der Waals surface area contributed by atoms with E-state index in [1.807, 2.05) is 36.9 Å². The standard InChI is InChI=1S/C18H24N6O2/c1-3-13(2)21-16(25)14-12-20-18(22-17(14)26)24-10-8-23(9-11-24)15-6-4-5-7-19-15/h4-7,12-13H,3,8-11H2,1-2H3,(H,21,25)(H,20,22,26)/t13-/m0/s1. The zero-order valence-corrected chi connectivity index (χ0v) is 15.1. The molecule has 0 unspecified atom stereocenters. The number of aromatic amines is 1. The molecule has 1 atom stereocenters. The zero-order chi connectivity index (χ0) is 18.5. The quantitative estimate of drug-likeness (QED) is 0.831. The number of hydrogen-bond donors (Lipinski definition) is 2. The van der Waals surface area contributed by atoms with Crippen molar-refractivity contribution < 1.29 is 4.79 Å². The van der Waals surface area contributed by atoms with Gasteiger partial charge >= 0.3 is 0 Å². The smallest absolute Gasteiger partial charge is 0.265 e. The largest absolute Gasteiger partial charge is 0.353 e. The number of H-pyrrole nitrogens is 1. The van der Waals surface area contributed by atoms with Crippen molar-refractivity contribution in [1.82, 2.24) is 20.3 Å². The summed E-state index contributed by atoms with van der Waals surface area (Å²) in [6, 6.07) is 5.87. The van der Waals surface area contributed by atoms with Gasteiger partial charge in [-0.3, -0.25) is 14.6 Å². The summed E-state index contributed by atoms with van der Waals surface area (Å²) in [4.78, 5) is 40.0. The van der Waals surface area contributed by atoms with Crippen molar-refractivity contribution >= 4 is 17.7 Å². The highest BCUT2D eigenvalue weighted by atomic mass is 16.2. The van der Waals surface area contributed by atoms with E-state index in [1.165, 1.54) is 6.20 Å². The Labute approximate surface area is 152 Å². The maximum absolute atomic E-state index is 12.3. The molecule has 0 bridgehead atoms. The summed E-state index contributed by atoms with van der Waals surface area (Å²) < 4.78 is 0. The van der Waals surface area contributed by atoms with Crippen molar-refractivity contribution in [3.05, 3.63) is 46.5 Å². The molecule has 2 aromatic rings. The average Bonchev–Trinajstić information content (AvgIpc) is 2.68. The van der Waals surface area contributed by atoms with Crippen LogP contribution in [0.1, 0.15) is 30.6 Å². The van der Waals surface area contributed by atoms with E-state index in [0.717, 1.165) is 38.4 Å². The molecular weight excluding hydrogens is 332 g/mol. The van der Waals surface area contributed by atoms with Crippen molar-refractivity contribution in [3.63, 3.8) is 0 Å². The highest BCUT2D eigenvalue weighted by Gasteiger charge is 2.21. The lowest BCUT2D eigenvalue weighted by Crippen LogP contribution is -2.48. The predicted octanol–water partition coefficient (Wildman–Crippen LogP) is 1.02. The molecule has 1 aliphatic heterocycles. The minimum Gasteiger partial charge on any atom is -0.353 e. The third kappa shape index (κ3) is 4.01. The number of piperazine rings is 1. The van der Waals surface area contributed by atoms with Gasteiger partial charge in [0.1, 0.15) is 11.4 Å². The third-order valence-corrected chi connectivity index (χ3v) is 4.57. The molecule has 0 spiro atoms. The fraction of sp³-hybridized carbons (Fsp3) is 0.444. The van der Waals surface area contributed by atoms with E-state index in [2.05, 4.69) is 25.2 Å². The molecule has 3 heterocycles. The van der Waals surface area contributed by atoms with Crippen LogP contribution in [-0.4, -0.2) is 53.1 Å². The Kier molecular flexibility index (Phi) is 5.50. The van der Waals surface area contributed by atoms with Crippen LogP contribution < -0.4 is 20.7 Å². The van der Waals surface area contributed by atoms with Gasteiger partial charge in [-0.2, -0.15) is 0 Å². The molecule has 1 aliphatic rings. The van der Waals surface area contributed by atoms with Crippen molar-refractivity contribution in [1.29, 1.82) is 0 Å². The number of hydrogen-bond acceptors (Lipinski definition) is 6. The van der Waals surface area contributed by atoms with Gasteiger partial charge in [0.25, 0.3) is 11.5 Å². The second kappa shape index (κ2) is 7.99. The first-order chi connectivity index (χ1) is 12.6. The fourth-order valence-corrected chi connectivity index (χ4v) is 2.80. The second-order valence-electron chi connectivity index (χ2n) is 6.39. The van der Waals surface area contributed by atoms with E-state index in [1.54, 1.807) is 6.20 Å². The zero-order valence-electron chi connectivity index (χ0n) is 15.1. The number of rotatable bonds is 5. The van der Waals surface area contributed by atoms with Gasteiger partial charge in [0.15, 0.2) is 0 Å². The van der Waals surface area contributed by atoms with Crippen molar-refractivity contribution in [3.8, 4) is 0 Å². The van der Waals surface area contributed by atoms with E-state index in [-0.39, 0.29) is 17.5 Å². The Morgan fingerprint density at radius 3 is 2.58 bits per heavy atom. The third-order valence-electron chi connectivity index (χ3n) is 4.57. The minimum absolute atomic E-state index is 0.0150. The predicted molar refractivity (Wildman–Crippen MR) is 101 cm³/mol. The lowest BCUT2D eigenvalue weighted by Gasteiger charge is -2.35. The van der Waals surface area contributed by atoms with Crippen LogP contribution in [0.4, 0.5) is 11.8 Å². The molecule has 26 heavy (non-hydrogen) atoms. The van der Waals surface area contributed by atoms with Gasteiger partial charge in [0, 0.05) is 44.6 Å². The van der Waals surface area contributed by atoms with E-state index >= 15 is 0 Å². The first-order valence-corrected chi connectivity index (χ1v) is 8.89. The van der Waals surface area contributed by atoms with E-state index in [0.29, 0.717) is 5.95 Å². The summed E-state index contributed by atoms with van der Waals surface area (Å²) in [5.41, 5.74) is -0.371. The molecule has 3 rings (SSSR count). The van der Waals surface area contributed by atoms with Crippen LogP contribution in [0, 0.1) is 0 Å². The maximum atomic E-state index is 12.3. The number of carbonyl (C=O) groups is 1. The number of aromatic nitrogens is 3. The number of amides is 1. The van der Waals surface area contributed by atoms with Crippen LogP contribution in [0.3, 0.4) is 0 Å². The Morgan fingerprint density at radius 1 is 1.23 bits per heavy atom. The van der Waals surface area contributed by atoms with E-state index in [9.17, 15) is 9.59 Å². The van der Waals surface area contributed by atoms with Gasteiger partial charge in [0.05, 0.1) is 0 Å². The molecular formula is C18H24N6O2. The molecule has 2 aromatic heterocycles. The average molecular weight is 356 g/mol. The Hall–Kier alpha value is -2.90. The SMILES string of the molecule is CC[C@H](C)NC(=O)c1cnc(N2CCN(c3ccccn3)CC2)[nH]c1=O. The lowest BCUT2D eigenvalue weighted by atomic mass is 10.2. The monoisotopic (exact) mass is 356 g/mol. The highest BCUT2D eigenvalue weighted by molar-refractivity contribution is 5.93. The van der Waals surface area contributed by atoms with E-state index < -0.39 is 5.56 Å². The maximum Gasteiger partial charge on any atom is 0.265 e. The molecule has 8 heteroatoms. The number of pyridine rings is 1. The number of anilines is 2. The molecule has 1 amide bonds. The first kappa shape index (κ1) is 17.9. The molecule has 138 valence electrons. The van der Waals surface area contributed by atoms with Crippen LogP contribution in [0.15, 0.2) is 35.4 Å². The van der Waals surface area contributed by atoms with Gasteiger partial charge < -0.3 is 15.1 Å². The Bertz CT molecular complexity index is 799. The van der Waals surface area contributed by atoms with Crippen molar-refractivity contribution in [2.75, 3.05) is 36.0 Å². The summed E-state index contributed by atoms with van der Waals surface area (Å²) in [5.74, 6) is 1.06. The normalized spacial score (nSPS) is 15.6. The molecule has 0 aliphatic carbocycles. The Balaban J connectivity index is 1.65. The fourth-order valence-electron chi connectivity index (χ4n) is 2.80. The van der Waals surface area contributed by atoms with Gasteiger partial charge in [-0.25, -0.2) is 9.97 Å². The minimum atomic E-state index is -0.414. The van der Waals surface area contributed by atoms with Crippen LogP contribution in [0.5, 0.6) is 0 Å². The number of nitrogens with one attached hydrogen (secondary N) is 2. The van der Waals surface area contributed by atoms with Crippen LogP contribution in [0.2, 0.25) is 0 Å². The van der Waals surface area contributed by atoms with Gasteiger partial charge in [0.2, 0.25) is 5.95 Å². The topological polar surface area (TPSA) is 94.2 Å². The first-order valence-electron chi connectivity index (χ1n) is 8.89. The number of nitrogens with zero attached hydrogens (tertiary/aromatic N) is 4. The molecule has 0 saturated carbocycles. The second-order valence-corrected chi connectivity index (χ2v) is 6.39. The molecule has 1 saturated heterocycles. The lowest BCUT2D eigenvalue weighted by molar-refractivity contribution is 0.0937. The molecule has 0 aromatic carbocycles. The summed E-state index contributed by atoms with van der Waals surface area (Å²) >= 11 is 0. The van der Waals surface area contributed by atoms with E-state index in [4.69, 9.17) is 0 Å². The molecule has 0 radical (unpaired) electrons. The molecule has 8 nitrogen and oxygen atoms in total. The van der Waals surface area contributed by atoms with Crippen LogP contribution in [0.25, 0.3) is 0 Å². The molecule has 1 fully saturated rings. The molecule has 2 N–H and O–H groups in total. The van der Waals surface area contributed by atoms with Crippen LogP contribution in [-0.2, 0) is 0 Å².